The molecule has 0 aromatic heterocycles. The molecule has 2 nitrogen and oxygen atoms in total. The van der Waals surface area contributed by atoms with Gasteiger partial charge in [-0.25, -0.2) is 0 Å². The Balaban J connectivity index is 3.09. The zero-order valence-corrected chi connectivity index (χ0v) is 4.46. The van der Waals surface area contributed by atoms with E-state index in [2.05, 4.69) is 4.99 Å². The fourth-order valence-corrected chi connectivity index (χ4v) is 0.208. The Hall–Kier alpha value is -0.630. The van der Waals surface area contributed by atoms with E-state index in [1.165, 1.54) is 0 Å². The van der Waals surface area contributed by atoms with E-state index in [1.54, 1.807) is 6.21 Å². The van der Waals surface area contributed by atoms with Gasteiger partial charge in [-0.3, -0.25) is 4.99 Å². The molecule has 0 aliphatic rings. The van der Waals surface area contributed by atoms with Crippen LogP contribution in [0.15, 0.2) is 17.1 Å². The third kappa shape index (κ3) is 5.37. The average molecular weight is 98.1 g/mol. The predicted molar refractivity (Wildman–Crippen MR) is 32.4 cm³/mol. The summed E-state index contributed by atoms with van der Waals surface area (Å²) in [6, 6.07) is 0. The summed E-state index contributed by atoms with van der Waals surface area (Å²) in [5.41, 5.74) is 5.04. The highest BCUT2D eigenvalue weighted by atomic mass is 14.8. The Bertz CT molecular complexity index is 74.1. The summed E-state index contributed by atoms with van der Waals surface area (Å²) >= 11 is 0. The second-order valence-electron chi connectivity index (χ2n) is 1.04. The number of rotatable bonds is 2. The van der Waals surface area contributed by atoms with Crippen LogP contribution in [0, 0.1) is 0 Å². The lowest BCUT2D eigenvalue weighted by atomic mass is 10.6. The summed E-state index contributed by atoms with van der Waals surface area (Å²) in [6.45, 7) is 2.31. The summed E-state index contributed by atoms with van der Waals surface area (Å²) in [4.78, 5) is 3.73. The minimum Gasteiger partial charge on any atom is -0.312 e. The van der Waals surface area contributed by atoms with Crippen LogP contribution < -0.4 is 5.73 Å². The fourth-order valence-electron chi connectivity index (χ4n) is 0.208. The van der Waals surface area contributed by atoms with Crippen molar-refractivity contribution in [3.8, 4) is 0 Å². The first-order valence-corrected chi connectivity index (χ1v) is 2.23. The highest BCUT2D eigenvalue weighted by Crippen LogP contribution is 1.62. The molecule has 0 atom stereocenters. The van der Waals surface area contributed by atoms with Gasteiger partial charge in [0.05, 0.1) is 6.67 Å². The van der Waals surface area contributed by atoms with E-state index in [0.29, 0.717) is 6.67 Å². The molecule has 40 valence electrons. The van der Waals surface area contributed by atoms with Gasteiger partial charge < -0.3 is 5.73 Å². The van der Waals surface area contributed by atoms with Crippen LogP contribution in [-0.4, -0.2) is 12.9 Å². The molecule has 0 rings (SSSR count). The third-order valence-electron chi connectivity index (χ3n) is 0.489. The zero-order valence-electron chi connectivity index (χ0n) is 4.46. The van der Waals surface area contributed by atoms with Crippen molar-refractivity contribution in [2.45, 2.75) is 6.92 Å². The number of nitrogens with two attached hydrogens (primary N) is 1. The molecular weight excluding hydrogens is 88.1 g/mol. The van der Waals surface area contributed by atoms with Gasteiger partial charge in [0.1, 0.15) is 0 Å². The van der Waals surface area contributed by atoms with Crippen LogP contribution >= 0.6 is 0 Å². The minimum absolute atomic E-state index is 0.379. The van der Waals surface area contributed by atoms with Crippen molar-refractivity contribution in [1.29, 1.82) is 0 Å². The molecule has 0 heterocycles. The predicted octanol–water partition coefficient (Wildman–Crippen LogP) is 0.550. The lowest BCUT2D eigenvalue weighted by Gasteiger charge is -1.73. The molecule has 0 aliphatic heterocycles. The van der Waals surface area contributed by atoms with E-state index in [0.717, 1.165) is 0 Å². The SMILES string of the molecule is C/C=C\C=NCN. The van der Waals surface area contributed by atoms with Crippen molar-refractivity contribution in [2.24, 2.45) is 10.7 Å². The van der Waals surface area contributed by atoms with Crippen molar-refractivity contribution in [3.05, 3.63) is 12.2 Å². The highest BCUT2D eigenvalue weighted by Gasteiger charge is 1.56. The van der Waals surface area contributed by atoms with Crippen LogP contribution in [0.1, 0.15) is 6.92 Å². The first-order valence-electron chi connectivity index (χ1n) is 2.23. The van der Waals surface area contributed by atoms with Crippen LogP contribution in [0.2, 0.25) is 0 Å². The van der Waals surface area contributed by atoms with Gasteiger partial charge in [0.25, 0.3) is 0 Å². The largest absolute Gasteiger partial charge is 0.312 e. The molecule has 7 heavy (non-hydrogen) atoms. The van der Waals surface area contributed by atoms with E-state index in [4.69, 9.17) is 5.73 Å². The van der Waals surface area contributed by atoms with Crippen molar-refractivity contribution >= 4 is 6.21 Å². The maximum absolute atomic E-state index is 5.04. The molecule has 2 N–H and O–H groups in total. The van der Waals surface area contributed by atoms with Crippen LogP contribution in [0.3, 0.4) is 0 Å². The first-order chi connectivity index (χ1) is 3.41. The maximum atomic E-state index is 5.04. The second-order valence-corrected chi connectivity index (χ2v) is 1.04. The van der Waals surface area contributed by atoms with Gasteiger partial charge in [-0.1, -0.05) is 6.08 Å². The highest BCUT2D eigenvalue weighted by molar-refractivity contribution is 5.70. The smallest absolute Gasteiger partial charge is 0.0859 e. The molecular formula is C5H10N2. The molecule has 0 aromatic rings. The third-order valence-corrected chi connectivity index (χ3v) is 0.489. The molecule has 0 saturated heterocycles. The summed E-state index contributed by atoms with van der Waals surface area (Å²) < 4.78 is 0. The van der Waals surface area contributed by atoms with Gasteiger partial charge >= 0.3 is 0 Å². The number of hydrogen-bond acceptors (Lipinski definition) is 2. The van der Waals surface area contributed by atoms with E-state index in [1.807, 2.05) is 19.1 Å². The number of aliphatic imine (C=N–C) groups is 1. The molecule has 0 unspecified atom stereocenters. The van der Waals surface area contributed by atoms with Crippen molar-refractivity contribution in [3.63, 3.8) is 0 Å². The Morgan fingerprint density at radius 2 is 2.43 bits per heavy atom. The van der Waals surface area contributed by atoms with Crippen LogP contribution in [0.4, 0.5) is 0 Å². The first kappa shape index (κ1) is 6.37. The van der Waals surface area contributed by atoms with Crippen molar-refractivity contribution < 1.29 is 0 Å². The molecule has 2 heteroatoms. The van der Waals surface area contributed by atoms with Gasteiger partial charge in [0.15, 0.2) is 0 Å². The Morgan fingerprint density at radius 3 is 2.86 bits per heavy atom. The van der Waals surface area contributed by atoms with E-state index < -0.39 is 0 Å². The number of allylic oxidation sites excluding steroid dienone is 2. The molecule has 0 bridgehead atoms. The number of nitrogens with zero attached hydrogens (tertiary/aromatic N) is 1. The van der Waals surface area contributed by atoms with E-state index in [9.17, 15) is 0 Å². The van der Waals surface area contributed by atoms with Crippen LogP contribution in [0.5, 0.6) is 0 Å². The topological polar surface area (TPSA) is 38.4 Å². The standard InChI is InChI=1S/C5H10N2/c1-2-3-4-7-5-6/h2-4H,5-6H2,1H3/b3-2-,7-4?. The van der Waals surface area contributed by atoms with Crippen molar-refractivity contribution in [1.82, 2.24) is 0 Å². The summed E-state index contributed by atoms with van der Waals surface area (Å²) in [5, 5.41) is 0. The zero-order chi connectivity index (χ0) is 5.54. The van der Waals surface area contributed by atoms with Gasteiger partial charge in [-0.2, -0.15) is 0 Å². The quantitative estimate of drug-likeness (QED) is 0.503. The Labute approximate surface area is 43.7 Å². The lowest BCUT2D eigenvalue weighted by Crippen LogP contribution is -1.92. The molecule has 0 aliphatic carbocycles. The summed E-state index contributed by atoms with van der Waals surface area (Å²) in [7, 11) is 0. The van der Waals surface area contributed by atoms with Crippen LogP contribution in [0.25, 0.3) is 0 Å². The molecule has 0 spiro atoms. The molecule has 0 aromatic carbocycles. The van der Waals surface area contributed by atoms with E-state index >= 15 is 0 Å². The Morgan fingerprint density at radius 1 is 1.71 bits per heavy atom. The van der Waals surface area contributed by atoms with Crippen molar-refractivity contribution in [2.75, 3.05) is 6.67 Å². The fraction of sp³-hybridized carbons (Fsp3) is 0.400. The monoisotopic (exact) mass is 98.1 g/mol. The molecule has 0 saturated carbocycles. The van der Waals surface area contributed by atoms with E-state index in [-0.39, 0.29) is 0 Å². The van der Waals surface area contributed by atoms with Gasteiger partial charge in [-0.05, 0) is 13.0 Å². The van der Waals surface area contributed by atoms with Gasteiger partial charge in [-0.15, -0.1) is 0 Å². The van der Waals surface area contributed by atoms with Crippen LogP contribution in [-0.2, 0) is 0 Å². The van der Waals surface area contributed by atoms with Gasteiger partial charge in [0.2, 0.25) is 0 Å². The summed E-state index contributed by atoms with van der Waals surface area (Å²) in [6.07, 6.45) is 5.42. The van der Waals surface area contributed by atoms with Gasteiger partial charge in [0, 0.05) is 6.21 Å². The molecule has 0 fully saturated rings. The average Bonchev–Trinajstić information content (AvgIpc) is 1.69. The maximum Gasteiger partial charge on any atom is 0.0859 e. The molecule has 0 amide bonds. The Kier molecular flexibility index (Phi) is 4.89. The lowest BCUT2D eigenvalue weighted by molar-refractivity contribution is 1.08. The second kappa shape index (κ2) is 5.37. The summed E-state index contributed by atoms with van der Waals surface area (Å²) in [5.74, 6) is 0. The normalized spacial score (nSPS) is 11.7. The molecule has 0 radical (unpaired) electrons. The minimum atomic E-state index is 0.379. The number of hydrogen-bond donors (Lipinski definition) is 1.